The van der Waals surface area contributed by atoms with Crippen LogP contribution in [-0.4, -0.2) is 28.8 Å². The Kier molecular flexibility index (Phi) is 7.28. The number of amides is 2. The van der Waals surface area contributed by atoms with Crippen molar-refractivity contribution in [1.82, 2.24) is 10.2 Å². The SMILES string of the molecule is CCCC(=O)N(Cc1cccc(Br)c1)[C@H](C)C(=O)NC1CCCC1. The van der Waals surface area contributed by atoms with Crippen molar-refractivity contribution < 1.29 is 9.59 Å². The maximum Gasteiger partial charge on any atom is 0.242 e. The molecule has 1 aliphatic carbocycles. The molecule has 1 atom stereocenters. The van der Waals surface area contributed by atoms with Gasteiger partial charge in [-0.1, -0.05) is 47.8 Å². The lowest BCUT2D eigenvalue weighted by Gasteiger charge is -2.29. The number of carbonyl (C=O) groups excluding carboxylic acids is 2. The minimum absolute atomic E-state index is 0.0338. The van der Waals surface area contributed by atoms with Gasteiger partial charge in [-0.3, -0.25) is 9.59 Å². The van der Waals surface area contributed by atoms with Crippen molar-refractivity contribution in [3.05, 3.63) is 34.3 Å². The molecule has 0 spiro atoms. The Bertz CT molecular complexity index is 570. The van der Waals surface area contributed by atoms with E-state index in [-0.39, 0.29) is 17.9 Å². The fraction of sp³-hybridized carbons (Fsp3) is 0.579. The highest BCUT2D eigenvalue weighted by Gasteiger charge is 2.27. The molecule has 0 saturated heterocycles. The molecule has 1 saturated carbocycles. The first-order valence-electron chi connectivity index (χ1n) is 8.85. The van der Waals surface area contributed by atoms with E-state index in [0.29, 0.717) is 13.0 Å². The first-order valence-corrected chi connectivity index (χ1v) is 9.65. The molecule has 24 heavy (non-hydrogen) atoms. The van der Waals surface area contributed by atoms with E-state index in [0.717, 1.165) is 29.3 Å². The number of nitrogens with one attached hydrogen (secondary N) is 1. The van der Waals surface area contributed by atoms with Gasteiger partial charge in [0.15, 0.2) is 0 Å². The van der Waals surface area contributed by atoms with Crippen LogP contribution in [0.15, 0.2) is 28.7 Å². The standard InChI is InChI=1S/C19H27BrN2O2/c1-3-7-18(23)22(13-15-8-6-9-16(20)12-15)14(2)19(24)21-17-10-4-5-11-17/h6,8-9,12,14,17H,3-5,7,10-11,13H2,1-2H3,(H,21,24)/t14-/m1/s1. The monoisotopic (exact) mass is 394 g/mol. The van der Waals surface area contributed by atoms with Gasteiger partial charge < -0.3 is 10.2 Å². The first-order chi connectivity index (χ1) is 11.5. The zero-order valence-electron chi connectivity index (χ0n) is 14.6. The molecule has 0 heterocycles. The first kappa shape index (κ1) is 19.0. The molecule has 1 aromatic rings. The third-order valence-electron chi connectivity index (χ3n) is 4.57. The Morgan fingerprint density at radius 3 is 2.67 bits per heavy atom. The van der Waals surface area contributed by atoms with Crippen LogP contribution >= 0.6 is 15.9 Å². The van der Waals surface area contributed by atoms with Gasteiger partial charge in [0.25, 0.3) is 0 Å². The third kappa shape index (κ3) is 5.33. The summed E-state index contributed by atoms with van der Waals surface area (Å²) < 4.78 is 0.978. The van der Waals surface area contributed by atoms with Crippen LogP contribution in [0, 0.1) is 0 Å². The second-order valence-corrected chi connectivity index (χ2v) is 7.48. The Labute approximate surface area is 153 Å². The molecule has 0 unspecified atom stereocenters. The van der Waals surface area contributed by atoms with E-state index in [1.807, 2.05) is 38.1 Å². The maximum atomic E-state index is 12.6. The van der Waals surface area contributed by atoms with Crippen molar-refractivity contribution in [3.8, 4) is 0 Å². The van der Waals surface area contributed by atoms with Crippen LogP contribution in [0.1, 0.15) is 57.9 Å². The number of halogens is 1. The highest BCUT2D eigenvalue weighted by molar-refractivity contribution is 9.10. The van der Waals surface area contributed by atoms with Crippen LogP contribution in [-0.2, 0) is 16.1 Å². The largest absolute Gasteiger partial charge is 0.352 e. The summed E-state index contributed by atoms with van der Waals surface area (Å²) in [5, 5.41) is 3.11. The topological polar surface area (TPSA) is 49.4 Å². The molecule has 0 radical (unpaired) electrons. The Morgan fingerprint density at radius 1 is 1.33 bits per heavy atom. The summed E-state index contributed by atoms with van der Waals surface area (Å²) in [5.41, 5.74) is 1.02. The molecule has 2 amide bonds. The molecule has 0 aliphatic heterocycles. The molecule has 0 bridgehead atoms. The number of hydrogen-bond donors (Lipinski definition) is 1. The molecule has 1 aliphatic rings. The van der Waals surface area contributed by atoms with Crippen LogP contribution in [0.25, 0.3) is 0 Å². The molecular weight excluding hydrogens is 368 g/mol. The molecule has 0 aromatic heterocycles. The van der Waals surface area contributed by atoms with E-state index in [9.17, 15) is 9.59 Å². The van der Waals surface area contributed by atoms with Crippen molar-refractivity contribution in [2.24, 2.45) is 0 Å². The maximum absolute atomic E-state index is 12.6. The van der Waals surface area contributed by atoms with Gasteiger partial charge in [-0.25, -0.2) is 0 Å². The molecule has 1 N–H and O–H groups in total. The van der Waals surface area contributed by atoms with Gasteiger partial charge in [0, 0.05) is 23.5 Å². The number of nitrogens with zero attached hydrogens (tertiary/aromatic N) is 1. The van der Waals surface area contributed by atoms with Crippen LogP contribution < -0.4 is 5.32 Å². The van der Waals surface area contributed by atoms with Gasteiger partial charge in [-0.05, 0) is 43.9 Å². The second kappa shape index (κ2) is 9.21. The smallest absolute Gasteiger partial charge is 0.242 e. The quantitative estimate of drug-likeness (QED) is 0.758. The van der Waals surface area contributed by atoms with E-state index in [4.69, 9.17) is 0 Å². The van der Waals surface area contributed by atoms with E-state index >= 15 is 0 Å². The summed E-state index contributed by atoms with van der Waals surface area (Å²) in [4.78, 5) is 26.8. The Hall–Kier alpha value is -1.36. The van der Waals surface area contributed by atoms with Gasteiger partial charge in [-0.2, -0.15) is 0 Å². The van der Waals surface area contributed by atoms with Gasteiger partial charge in [0.2, 0.25) is 11.8 Å². The summed E-state index contributed by atoms with van der Waals surface area (Å²) in [7, 11) is 0. The lowest BCUT2D eigenvalue weighted by Crippen LogP contribution is -2.49. The molecule has 5 heteroatoms. The van der Waals surface area contributed by atoms with Gasteiger partial charge in [0.1, 0.15) is 6.04 Å². The molecule has 1 fully saturated rings. The highest BCUT2D eigenvalue weighted by atomic mass is 79.9. The fourth-order valence-corrected chi connectivity index (χ4v) is 3.61. The lowest BCUT2D eigenvalue weighted by atomic mass is 10.1. The molecule has 132 valence electrons. The molecule has 1 aromatic carbocycles. The summed E-state index contributed by atoms with van der Waals surface area (Å²) in [6.07, 6.45) is 5.70. The zero-order chi connectivity index (χ0) is 17.5. The predicted octanol–water partition coefficient (Wildman–Crippen LogP) is 4.03. The molecule has 2 rings (SSSR count). The normalized spacial score (nSPS) is 16.0. The van der Waals surface area contributed by atoms with Crippen LogP contribution in [0.3, 0.4) is 0 Å². The summed E-state index contributed by atoms with van der Waals surface area (Å²) in [6.45, 7) is 4.27. The third-order valence-corrected chi connectivity index (χ3v) is 5.07. The second-order valence-electron chi connectivity index (χ2n) is 6.57. The summed E-state index contributed by atoms with van der Waals surface area (Å²) in [6, 6.07) is 7.70. The average molecular weight is 395 g/mol. The Morgan fingerprint density at radius 2 is 2.04 bits per heavy atom. The van der Waals surface area contributed by atoms with Crippen molar-refractivity contribution >= 4 is 27.7 Å². The Balaban J connectivity index is 2.08. The number of benzene rings is 1. The number of carbonyl (C=O) groups is 2. The average Bonchev–Trinajstić information content (AvgIpc) is 3.05. The number of hydrogen-bond acceptors (Lipinski definition) is 2. The van der Waals surface area contributed by atoms with Crippen molar-refractivity contribution in [3.63, 3.8) is 0 Å². The van der Waals surface area contributed by atoms with E-state index in [1.165, 1.54) is 12.8 Å². The van der Waals surface area contributed by atoms with Crippen LogP contribution in [0.5, 0.6) is 0 Å². The van der Waals surface area contributed by atoms with Gasteiger partial charge in [0.05, 0.1) is 0 Å². The minimum Gasteiger partial charge on any atom is -0.352 e. The van der Waals surface area contributed by atoms with Crippen molar-refractivity contribution in [1.29, 1.82) is 0 Å². The summed E-state index contributed by atoms with van der Waals surface area (Å²) in [5.74, 6) is -0.00658. The van der Waals surface area contributed by atoms with Crippen molar-refractivity contribution in [2.75, 3.05) is 0 Å². The highest BCUT2D eigenvalue weighted by Crippen LogP contribution is 2.19. The molecule has 4 nitrogen and oxygen atoms in total. The lowest BCUT2D eigenvalue weighted by molar-refractivity contribution is -0.140. The van der Waals surface area contributed by atoms with Gasteiger partial charge in [-0.15, -0.1) is 0 Å². The zero-order valence-corrected chi connectivity index (χ0v) is 16.1. The van der Waals surface area contributed by atoms with E-state index in [2.05, 4.69) is 21.2 Å². The van der Waals surface area contributed by atoms with Crippen LogP contribution in [0.2, 0.25) is 0 Å². The number of rotatable bonds is 7. The van der Waals surface area contributed by atoms with E-state index < -0.39 is 6.04 Å². The summed E-state index contributed by atoms with van der Waals surface area (Å²) >= 11 is 3.46. The van der Waals surface area contributed by atoms with Crippen LogP contribution in [0.4, 0.5) is 0 Å². The molecular formula is C19H27BrN2O2. The minimum atomic E-state index is -0.455. The predicted molar refractivity (Wildman–Crippen MR) is 99.5 cm³/mol. The fourth-order valence-electron chi connectivity index (χ4n) is 3.16. The van der Waals surface area contributed by atoms with E-state index in [1.54, 1.807) is 4.90 Å². The van der Waals surface area contributed by atoms with Crippen molar-refractivity contribution in [2.45, 2.75) is 71.0 Å². The van der Waals surface area contributed by atoms with Gasteiger partial charge >= 0.3 is 0 Å².